The number of amidine groups is 1. The van der Waals surface area contributed by atoms with Crippen LogP contribution in [0.5, 0.6) is 5.75 Å². The van der Waals surface area contributed by atoms with Gasteiger partial charge in [0, 0.05) is 22.2 Å². The summed E-state index contributed by atoms with van der Waals surface area (Å²) in [7, 11) is 1.33. The van der Waals surface area contributed by atoms with Crippen molar-refractivity contribution >= 4 is 40.9 Å². The molecule has 4 rings (SSSR count). The van der Waals surface area contributed by atoms with Crippen LogP contribution in [0.1, 0.15) is 30.4 Å². The highest BCUT2D eigenvalue weighted by atomic mass is 35.5. The van der Waals surface area contributed by atoms with Crippen LogP contribution in [0.25, 0.3) is 11.1 Å². The van der Waals surface area contributed by atoms with E-state index < -0.39 is 11.9 Å². The zero-order valence-corrected chi connectivity index (χ0v) is 23.2. The van der Waals surface area contributed by atoms with Crippen molar-refractivity contribution in [3.05, 3.63) is 87.9 Å². The average Bonchev–Trinajstić information content (AvgIpc) is 3.22. The van der Waals surface area contributed by atoms with E-state index in [0.717, 1.165) is 16.7 Å². The van der Waals surface area contributed by atoms with Gasteiger partial charge in [0.15, 0.2) is 0 Å². The SMILES string of the molecule is COC(=O)C[C@@H]1C[C@@H](COc2ccc(-c3ccc(C(=N)N)cc3)cc2)N(CCCc2ccc(Cl)cc2Cl)C1=O. The molecule has 39 heavy (non-hydrogen) atoms. The lowest BCUT2D eigenvalue weighted by atomic mass is 10.0. The molecule has 0 spiro atoms. The summed E-state index contributed by atoms with van der Waals surface area (Å²) in [5.41, 5.74) is 9.20. The third-order valence-corrected chi connectivity index (χ3v) is 7.54. The van der Waals surface area contributed by atoms with Gasteiger partial charge in [-0.05, 0) is 60.2 Å². The first-order chi connectivity index (χ1) is 18.7. The second-order valence-corrected chi connectivity index (χ2v) is 10.4. The van der Waals surface area contributed by atoms with Crippen molar-refractivity contribution in [2.75, 3.05) is 20.3 Å². The van der Waals surface area contributed by atoms with Gasteiger partial charge in [0.25, 0.3) is 0 Å². The van der Waals surface area contributed by atoms with E-state index in [4.69, 9.17) is 43.8 Å². The number of likely N-dealkylation sites (tertiary alicyclic amines) is 1. The first kappa shape index (κ1) is 28.5. The minimum Gasteiger partial charge on any atom is -0.491 e. The minimum atomic E-state index is -0.425. The lowest BCUT2D eigenvalue weighted by molar-refractivity contribution is -0.144. The zero-order chi connectivity index (χ0) is 27.9. The maximum absolute atomic E-state index is 13.2. The Morgan fingerprint density at radius 1 is 1.05 bits per heavy atom. The Balaban J connectivity index is 1.39. The van der Waals surface area contributed by atoms with Gasteiger partial charge in [-0.15, -0.1) is 0 Å². The maximum atomic E-state index is 13.2. The molecule has 9 heteroatoms. The Morgan fingerprint density at radius 3 is 2.33 bits per heavy atom. The van der Waals surface area contributed by atoms with Crippen LogP contribution >= 0.6 is 23.2 Å². The number of aryl methyl sites for hydroxylation is 1. The van der Waals surface area contributed by atoms with Gasteiger partial charge in [-0.1, -0.05) is 65.7 Å². The molecule has 0 bridgehead atoms. The number of carbonyl (C=O) groups excluding carboxylic acids is 2. The van der Waals surface area contributed by atoms with Crippen molar-refractivity contribution in [3.8, 4) is 16.9 Å². The van der Waals surface area contributed by atoms with Crippen LogP contribution in [0.4, 0.5) is 0 Å². The van der Waals surface area contributed by atoms with Crippen molar-refractivity contribution in [1.82, 2.24) is 4.90 Å². The van der Waals surface area contributed by atoms with Crippen LogP contribution in [-0.2, 0) is 20.7 Å². The fourth-order valence-corrected chi connectivity index (χ4v) is 5.32. The van der Waals surface area contributed by atoms with Crippen molar-refractivity contribution in [1.29, 1.82) is 5.41 Å². The van der Waals surface area contributed by atoms with Crippen molar-refractivity contribution in [2.45, 2.75) is 31.7 Å². The van der Waals surface area contributed by atoms with Crippen LogP contribution in [-0.4, -0.2) is 48.9 Å². The first-order valence-electron chi connectivity index (χ1n) is 12.7. The van der Waals surface area contributed by atoms with E-state index in [1.54, 1.807) is 12.1 Å². The Hall–Kier alpha value is -3.55. The van der Waals surface area contributed by atoms with Crippen LogP contribution in [0, 0.1) is 11.3 Å². The number of hydrogen-bond donors (Lipinski definition) is 2. The van der Waals surface area contributed by atoms with E-state index in [1.165, 1.54) is 7.11 Å². The monoisotopic (exact) mass is 567 g/mol. The highest BCUT2D eigenvalue weighted by Gasteiger charge is 2.40. The van der Waals surface area contributed by atoms with E-state index in [-0.39, 0.29) is 24.2 Å². The standard InChI is InChI=1S/C30H31Cl2N3O4/c1-38-28(36)16-23-15-25(35(30(23)37)14-2-3-21-8-11-24(31)17-27(21)32)18-39-26-12-9-20(10-13-26)19-4-6-22(7-5-19)29(33)34/h4-13,17,23,25H,2-3,14-16,18H2,1H3,(H3,33,34)/t23-,25-/m0/s1. The molecule has 0 unspecified atom stereocenters. The van der Waals surface area contributed by atoms with Crippen molar-refractivity contribution in [2.24, 2.45) is 11.7 Å². The van der Waals surface area contributed by atoms with Crippen LogP contribution in [0.15, 0.2) is 66.7 Å². The largest absolute Gasteiger partial charge is 0.491 e. The number of ether oxygens (including phenoxy) is 2. The van der Waals surface area contributed by atoms with Gasteiger partial charge in [0.1, 0.15) is 18.2 Å². The third kappa shape index (κ3) is 7.31. The van der Waals surface area contributed by atoms with E-state index in [1.807, 2.05) is 59.5 Å². The number of rotatable bonds is 11. The third-order valence-electron chi connectivity index (χ3n) is 6.96. The smallest absolute Gasteiger partial charge is 0.306 e. The first-order valence-corrected chi connectivity index (χ1v) is 13.5. The summed E-state index contributed by atoms with van der Waals surface area (Å²) in [4.78, 5) is 26.9. The fraction of sp³-hybridized carbons (Fsp3) is 0.300. The normalized spacial score (nSPS) is 16.8. The molecule has 2 atom stereocenters. The molecule has 0 aliphatic carbocycles. The lowest BCUT2D eigenvalue weighted by Gasteiger charge is -2.25. The molecule has 1 aliphatic heterocycles. The van der Waals surface area contributed by atoms with E-state index in [9.17, 15) is 9.59 Å². The highest BCUT2D eigenvalue weighted by molar-refractivity contribution is 6.35. The topological polar surface area (TPSA) is 106 Å². The molecule has 3 aromatic carbocycles. The molecule has 7 nitrogen and oxygen atoms in total. The highest BCUT2D eigenvalue weighted by Crippen LogP contribution is 2.30. The second kappa shape index (κ2) is 13.0. The van der Waals surface area contributed by atoms with Gasteiger partial charge in [-0.25, -0.2) is 0 Å². The minimum absolute atomic E-state index is 0.0346. The predicted octanol–water partition coefficient (Wildman–Crippen LogP) is 5.74. The average molecular weight is 569 g/mol. The molecular formula is C30H31Cl2N3O4. The number of hydrogen-bond acceptors (Lipinski definition) is 5. The number of nitrogens with zero attached hydrogens (tertiary/aromatic N) is 1. The van der Waals surface area contributed by atoms with Gasteiger partial charge in [0.05, 0.1) is 25.5 Å². The summed E-state index contributed by atoms with van der Waals surface area (Å²) in [6.07, 6.45) is 1.99. The van der Waals surface area contributed by atoms with E-state index in [2.05, 4.69) is 0 Å². The van der Waals surface area contributed by atoms with Crippen molar-refractivity contribution < 1.29 is 19.1 Å². The second-order valence-electron chi connectivity index (χ2n) is 9.56. The van der Waals surface area contributed by atoms with Gasteiger partial charge >= 0.3 is 5.97 Å². The fourth-order valence-electron chi connectivity index (χ4n) is 4.82. The molecule has 0 saturated carbocycles. The number of carbonyl (C=O) groups is 2. The van der Waals surface area contributed by atoms with Gasteiger partial charge in [-0.2, -0.15) is 0 Å². The summed E-state index contributed by atoms with van der Waals surface area (Å²) in [6, 6.07) is 20.5. The molecule has 0 radical (unpaired) electrons. The number of benzene rings is 3. The number of amides is 1. The quantitative estimate of drug-likeness (QED) is 0.175. The van der Waals surface area contributed by atoms with Gasteiger partial charge < -0.3 is 20.1 Å². The van der Waals surface area contributed by atoms with Crippen molar-refractivity contribution in [3.63, 3.8) is 0 Å². The predicted molar refractivity (Wildman–Crippen MR) is 153 cm³/mol. The summed E-state index contributed by atoms with van der Waals surface area (Å²) < 4.78 is 10.9. The summed E-state index contributed by atoms with van der Waals surface area (Å²) in [6.45, 7) is 0.844. The zero-order valence-electron chi connectivity index (χ0n) is 21.7. The molecule has 1 saturated heterocycles. The Labute approximate surface area is 238 Å². The molecule has 1 heterocycles. The van der Waals surface area contributed by atoms with E-state index in [0.29, 0.717) is 53.8 Å². The van der Waals surface area contributed by atoms with Gasteiger partial charge in [-0.3, -0.25) is 15.0 Å². The number of methoxy groups -OCH3 is 1. The summed E-state index contributed by atoms with van der Waals surface area (Å²) in [5, 5.41) is 8.73. The van der Waals surface area contributed by atoms with Crippen LogP contribution in [0.3, 0.4) is 0 Å². The van der Waals surface area contributed by atoms with Gasteiger partial charge in [0.2, 0.25) is 5.91 Å². The molecule has 1 amide bonds. The molecule has 0 aromatic heterocycles. The molecule has 204 valence electrons. The number of esters is 1. The van der Waals surface area contributed by atoms with Crippen LogP contribution in [0.2, 0.25) is 10.0 Å². The Morgan fingerprint density at radius 2 is 1.72 bits per heavy atom. The summed E-state index contributed by atoms with van der Waals surface area (Å²) in [5.74, 6) is -0.149. The molecular weight excluding hydrogens is 537 g/mol. The maximum Gasteiger partial charge on any atom is 0.306 e. The Bertz CT molecular complexity index is 1330. The molecule has 1 aliphatic rings. The number of nitrogen functional groups attached to an aromatic ring is 1. The number of nitrogens with one attached hydrogen (secondary N) is 1. The molecule has 1 fully saturated rings. The number of halogens is 2. The Kier molecular flexibility index (Phi) is 9.49. The van der Waals surface area contributed by atoms with E-state index >= 15 is 0 Å². The van der Waals surface area contributed by atoms with Crippen LogP contribution < -0.4 is 10.5 Å². The molecule has 3 aromatic rings. The number of nitrogens with two attached hydrogens (primary N) is 1. The summed E-state index contributed by atoms with van der Waals surface area (Å²) >= 11 is 12.3. The lowest BCUT2D eigenvalue weighted by Crippen LogP contribution is -2.38. The molecule has 3 N–H and O–H groups in total.